The maximum absolute atomic E-state index is 13.1. The number of rotatable bonds is 10. The number of amides is 2. The van der Waals surface area contributed by atoms with Gasteiger partial charge in [0.1, 0.15) is 23.2 Å². The van der Waals surface area contributed by atoms with Gasteiger partial charge in [0.15, 0.2) is 11.5 Å². The van der Waals surface area contributed by atoms with Gasteiger partial charge in [-0.2, -0.15) is 0 Å². The lowest BCUT2D eigenvalue weighted by Crippen LogP contribution is -2.34. The summed E-state index contributed by atoms with van der Waals surface area (Å²) in [5, 5.41) is 15.3. The van der Waals surface area contributed by atoms with Crippen LogP contribution in [0.4, 0.5) is 15.8 Å². The van der Waals surface area contributed by atoms with Crippen LogP contribution in [0.15, 0.2) is 72.9 Å². The van der Waals surface area contributed by atoms with Gasteiger partial charge >= 0.3 is 0 Å². The number of carbonyl (C=O) groups is 2. The van der Waals surface area contributed by atoms with Gasteiger partial charge in [-0.25, -0.2) is 4.39 Å². The molecule has 0 bridgehead atoms. The van der Waals surface area contributed by atoms with Crippen molar-refractivity contribution in [2.75, 3.05) is 31.5 Å². The van der Waals surface area contributed by atoms with E-state index in [1.807, 2.05) is 0 Å². The summed E-state index contributed by atoms with van der Waals surface area (Å²) in [6, 6.07) is 17.0. The molecule has 0 radical (unpaired) electrons. The molecule has 0 fully saturated rings. The summed E-state index contributed by atoms with van der Waals surface area (Å²) in [5.74, 6) is -0.659. The number of pyridine rings is 1. The van der Waals surface area contributed by atoms with Gasteiger partial charge < -0.3 is 30.0 Å². The van der Waals surface area contributed by atoms with Crippen molar-refractivity contribution in [2.24, 2.45) is 5.92 Å². The maximum atomic E-state index is 13.1. The number of fused-ring (bicyclic) bond motifs is 1. The summed E-state index contributed by atoms with van der Waals surface area (Å²) in [6.45, 7) is -0.363. The fourth-order valence-electron chi connectivity index (χ4n) is 3.77. The molecular formula is C28H26FN3O6. The predicted molar refractivity (Wildman–Crippen MR) is 140 cm³/mol. The Kier molecular flexibility index (Phi) is 8.34. The lowest BCUT2D eigenvalue weighted by atomic mass is 10.0. The number of nitrogens with zero attached hydrogens (tertiary/aromatic N) is 1. The molecule has 2 amide bonds. The summed E-state index contributed by atoms with van der Waals surface area (Å²) in [7, 11) is 3.10. The second-order valence-corrected chi connectivity index (χ2v) is 8.21. The minimum atomic E-state index is -1.16. The van der Waals surface area contributed by atoms with Crippen LogP contribution in [0.1, 0.15) is 6.42 Å². The number of aliphatic hydroxyl groups excluding tert-OH is 1. The minimum Gasteiger partial charge on any atom is -0.493 e. The van der Waals surface area contributed by atoms with E-state index in [0.29, 0.717) is 39.9 Å². The van der Waals surface area contributed by atoms with E-state index in [-0.39, 0.29) is 13.0 Å². The third kappa shape index (κ3) is 6.16. The van der Waals surface area contributed by atoms with Crippen molar-refractivity contribution < 1.29 is 33.3 Å². The van der Waals surface area contributed by atoms with Crippen LogP contribution in [0.5, 0.6) is 23.0 Å². The van der Waals surface area contributed by atoms with E-state index in [4.69, 9.17) is 14.2 Å². The van der Waals surface area contributed by atoms with Crippen LogP contribution in [0.2, 0.25) is 0 Å². The largest absolute Gasteiger partial charge is 0.493 e. The van der Waals surface area contributed by atoms with Gasteiger partial charge in [0, 0.05) is 35.6 Å². The molecular weight excluding hydrogens is 493 g/mol. The first-order chi connectivity index (χ1) is 18.4. The molecule has 0 aliphatic heterocycles. The highest BCUT2D eigenvalue weighted by atomic mass is 19.1. The molecule has 1 atom stereocenters. The van der Waals surface area contributed by atoms with Gasteiger partial charge in [0.25, 0.3) is 0 Å². The molecule has 0 spiro atoms. The molecule has 0 aliphatic carbocycles. The molecule has 38 heavy (non-hydrogen) atoms. The van der Waals surface area contributed by atoms with Crippen molar-refractivity contribution in [3.8, 4) is 23.0 Å². The van der Waals surface area contributed by atoms with E-state index in [1.165, 1.54) is 24.3 Å². The number of hydrogen-bond donors (Lipinski definition) is 3. The van der Waals surface area contributed by atoms with Gasteiger partial charge in [-0.1, -0.05) is 0 Å². The molecule has 4 aromatic rings. The summed E-state index contributed by atoms with van der Waals surface area (Å²) in [6.07, 6.45) is 1.54. The number of ether oxygens (including phenoxy) is 3. The van der Waals surface area contributed by atoms with Crippen molar-refractivity contribution >= 4 is 34.1 Å². The van der Waals surface area contributed by atoms with E-state index in [0.717, 1.165) is 5.39 Å². The minimum absolute atomic E-state index is 0.0799. The fraction of sp³-hybridized carbons (Fsp3) is 0.179. The number of hydrogen-bond acceptors (Lipinski definition) is 7. The zero-order valence-corrected chi connectivity index (χ0v) is 20.7. The quantitative estimate of drug-likeness (QED) is 0.259. The summed E-state index contributed by atoms with van der Waals surface area (Å²) < 4.78 is 29.9. The molecule has 4 rings (SSSR count). The number of carbonyl (C=O) groups excluding carboxylic acids is 2. The first-order valence-electron chi connectivity index (χ1n) is 11.7. The Balaban J connectivity index is 1.45. The highest BCUT2D eigenvalue weighted by Crippen LogP contribution is 2.37. The average Bonchev–Trinajstić information content (AvgIpc) is 2.93. The Hall–Kier alpha value is -4.70. The molecule has 1 unspecified atom stereocenters. The molecule has 0 saturated heterocycles. The van der Waals surface area contributed by atoms with E-state index in [1.54, 1.807) is 62.9 Å². The van der Waals surface area contributed by atoms with Crippen LogP contribution < -0.4 is 24.8 Å². The molecule has 3 N–H and O–H groups in total. The molecule has 0 aliphatic rings. The monoisotopic (exact) mass is 519 g/mol. The molecule has 3 aromatic carbocycles. The van der Waals surface area contributed by atoms with Crippen LogP contribution in [0, 0.1) is 11.7 Å². The Bertz CT molecular complexity index is 1430. The van der Waals surface area contributed by atoms with Crippen molar-refractivity contribution in [2.45, 2.75) is 6.42 Å². The SMILES string of the molecule is COc1cc2nccc(Oc3ccc(NC(=O)C(CCO)C(=O)Nc4ccc(F)cc4)cc3)c2cc1OC. The average molecular weight is 520 g/mol. The van der Waals surface area contributed by atoms with E-state index < -0.39 is 23.5 Å². The summed E-state index contributed by atoms with van der Waals surface area (Å²) in [5.41, 5.74) is 1.44. The molecule has 1 heterocycles. The number of halogens is 1. The number of benzene rings is 3. The second-order valence-electron chi connectivity index (χ2n) is 8.21. The number of anilines is 2. The normalized spacial score (nSPS) is 11.5. The number of aliphatic hydroxyl groups is 1. The first-order valence-corrected chi connectivity index (χ1v) is 11.7. The summed E-state index contributed by atoms with van der Waals surface area (Å²) in [4.78, 5) is 29.8. The van der Waals surface area contributed by atoms with E-state index in [2.05, 4.69) is 15.6 Å². The highest BCUT2D eigenvalue weighted by Gasteiger charge is 2.26. The molecule has 9 nitrogen and oxygen atoms in total. The molecule has 10 heteroatoms. The van der Waals surface area contributed by atoms with Gasteiger partial charge in [-0.15, -0.1) is 0 Å². The Labute approximate surface area is 218 Å². The summed E-state index contributed by atoms with van der Waals surface area (Å²) >= 11 is 0. The number of methoxy groups -OCH3 is 2. The third-order valence-corrected chi connectivity index (χ3v) is 5.72. The zero-order chi connectivity index (χ0) is 27.1. The van der Waals surface area contributed by atoms with Gasteiger partial charge in [0.2, 0.25) is 11.8 Å². The van der Waals surface area contributed by atoms with Crippen molar-refractivity contribution in [3.05, 3.63) is 78.7 Å². The lowest BCUT2D eigenvalue weighted by molar-refractivity contribution is -0.130. The van der Waals surface area contributed by atoms with Crippen LogP contribution in [-0.2, 0) is 9.59 Å². The number of nitrogens with one attached hydrogen (secondary N) is 2. The van der Waals surface area contributed by atoms with Crippen molar-refractivity contribution in [3.63, 3.8) is 0 Å². The zero-order valence-electron chi connectivity index (χ0n) is 20.7. The Morgan fingerprint density at radius 1 is 0.868 bits per heavy atom. The maximum Gasteiger partial charge on any atom is 0.237 e. The highest BCUT2D eigenvalue weighted by molar-refractivity contribution is 6.10. The third-order valence-electron chi connectivity index (χ3n) is 5.72. The Morgan fingerprint density at radius 3 is 2.03 bits per heavy atom. The van der Waals surface area contributed by atoms with Crippen LogP contribution in [0.25, 0.3) is 10.9 Å². The fourth-order valence-corrected chi connectivity index (χ4v) is 3.77. The Morgan fingerprint density at radius 2 is 1.45 bits per heavy atom. The van der Waals surface area contributed by atoms with E-state index in [9.17, 15) is 19.1 Å². The van der Waals surface area contributed by atoms with Crippen molar-refractivity contribution in [1.82, 2.24) is 4.98 Å². The smallest absolute Gasteiger partial charge is 0.237 e. The van der Waals surface area contributed by atoms with Gasteiger partial charge in [0.05, 0.1) is 19.7 Å². The topological polar surface area (TPSA) is 119 Å². The van der Waals surface area contributed by atoms with Crippen molar-refractivity contribution in [1.29, 1.82) is 0 Å². The van der Waals surface area contributed by atoms with Gasteiger partial charge in [-0.3, -0.25) is 14.6 Å². The molecule has 0 saturated carbocycles. The first kappa shape index (κ1) is 26.4. The van der Waals surface area contributed by atoms with Crippen LogP contribution in [-0.4, -0.2) is 42.7 Å². The van der Waals surface area contributed by atoms with E-state index >= 15 is 0 Å². The lowest BCUT2D eigenvalue weighted by Gasteiger charge is -2.16. The van der Waals surface area contributed by atoms with Crippen LogP contribution >= 0.6 is 0 Å². The van der Waals surface area contributed by atoms with Gasteiger partial charge in [-0.05, 0) is 67.1 Å². The predicted octanol–water partition coefficient (Wildman–Crippen LogP) is 4.76. The standard InChI is InChI=1S/C28H26FN3O6/c1-36-25-15-22-23(16-26(25)37-2)30-13-11-24(22)38-20-9-7-19(8-10-20)32-28(35)21(12-14-33)27(34)31-18-5-3-17(29)4-6-18/h3-11,13,15-16,21,33H,12,14H2,1-2H3,(H,31,34)(H,32,35). The molecule has 1 aromatic heterocycles. The van der Waals surface area contributed by atoms with Crippen LogP contribution in [0.3, 0.4) is 0 Å². The molecule has 196 valence electrons. The second kappa shape index (κ2) is 12.0. The number of aromatic nitrogens is 1.